The Morgan fingerprint density at radius 2 is 0.882 bits per heavy atom. The minimum absolute atomic E-state index is 0.788. The van der Waals surface area contributed by atoms with Crippen LogP contribution in [0.1, 0.15) is 0 Å². The van der Waals surface area contributed by atoms with Gasteiger partial charge in [0, 0.05) is 27.2 Å². The Hall–Kier alpha value is -6.84. The van der Waals surface area contributed by atoms with Crippen LogP contribution < -0.4 is 4.90 Å². The molecular weight excluding hydrogens is 623 g/mol. The van der Waals surface area contributed by atoms with E-state index in [-0.39, 0.29) is 0 Å². The van der Waals surface area contributed by atoms with Crippen LogP contribution in [-0.2, 0) is 0 Å². The van der Waals surface area contributed by atoms with E-state index < -0.39 is 0 Å². The van der Waals surface area contributed by atoms with Crippen LogP contribution in [0.2, 0.25) is 0 Å². The first-order chi connectivity index (χ1) is 25.3. The second-order valence-corrected chi connectivity index (χ2v) is 13.3. The van der Waals surface area contributed by atoms with Gasteiger partial charge in [0.25, 0.3) is 0 Å². The van der Waals surface area contributed by atoms with Crippen LogP contribution in [0.5, 0.6) is 0 Å². The number of anilines is 3. The first-order valence-corrected chi connectivity index (χ1v) is 17.3. The first-order valence-electron chi connectivity index (χ1n) is 17.3. The molecule has 0 aliphatic heterocycles. The highest BCUT2D eigenvalue weighted by molar-refractivity contribution is 6.27. The molecule has 51 heavy (non-hydrogen) atoms. The van der Waals surface area contributed by atoms with Crippen molar-refractivity contribution in [2.45, 2.75) is 0 Å². The summed E-state index contributed by atoms with van der Waals surface area (Å²) < 4.78 is 13.9. The Balaban J connectivity index is 1.28. The molecule has 0 bridgehead atoms. The van der Waals surface area contributed by atoms with Crippen LogP contribution in [0.4, 0.5) is 17.1 Å². The summed E-state index contributed by atoms with van der Waals surface area (Å²) in [5.74, 6) is 0. The topological polar surface area (TPSA) is 29.5 Å². The minimum atomic E-state index is 0.788. The molecule has 0 N–H and O–H groups in total. The maximum atomic E-state index is 7.00. The molecule has 2 aromatic heterocycles. The minimum Gasteiger partial charge on any atom is -0.455 e. The summed E-state index contributed by atoms with van der Waals surface area (Å²) in [6, 6.07) is 62.6. The highest BCUT2D eigenvalue weighted by Crippen LogP contribution is 2.49. The third-order valence-electron chi connectivity index (χ3n) is 10.4. The maximum Gasteiger partial charge on any atom is 0.163 e. The van der Waals surface area contributed by atoms with E-state index in [2.05, 4.69) is 181 Å². The van der Waals surface area contributed by atoms with Crippen molar-refractivity contribution in [3.8, 4) is 11.1 Å². The number of rotatable bonds is 4. The third-order valence-corrected chi connectivity index (χ3v) is 10.4. The number of furan rings is 2. The quantitative estimate of drug-likeness (QED) is 0.190. The van der Waals surface area contributed by atoms with Gasteiger partial charge >= 0.3 is 0 Å². The zero-order chi connectivity index (χ0) is 33.5. The van der Waals surface area contributed by atoms with E-state index in [1.807, 2.05) is 0 Å². The van der Waals surface area contributed by atoms with Crippen molar-refractivity contribution in [3.05, 3.63) is 176 Å². The third kappa shape index (κ3) is 4.32. The Morgan fingerprint density at radius 1 is 0.333 bits per heavy atom. The lowest BCUT2D eigenvalue weighted by molar-refractivity contribution is 0.663. The van der Waals surface area contributed by atoms with Gasteiger partial charge in [-0.25, -0.2) is 0 Å². The van der Waals surface area contributed by atoms with Crippen LogP contribution in [0, 0.1) is 0 Å². The summed E-state index contributed by atoms with van der Waals surface area (Å²) in [6.07, 6.45) is 0. The van der Waals surface area contributed by atoms with E-state index in [0.717, 1.165) is 82.5 Å². The molecule has 0 amide bonds. The molecule has 11 rings (SSSR count). The summed E-state index contributed by atoms with van der Waals surface area (Å²) in [4.78, 5) is 2.36. The Kier molecular flexibility index (Phi) is 5.96. The molecule has 238 valence electrons. The van der Waals surface area contributed by atoms with E-state index >= 15 is 0 Å². The zero-order valence-corrected chi connectivity index (χ0v) is 27.5. The summed E-state index contributed by atoms with van der Waals surface area (Å²) in [6.45, 7) is 0. The van der Waals surface area contributed by atoms with Crippen molar-refractivity contribution in [1.29, 1.82) is 0 Å². The van der Waals surface area contributed by atoms with Crippen molar-refractivity contribution < 1.29 is 8.83 Å². The summed E-state index contributed by atoms with van der Waals surface area (Å²) >= 11 is 0. The normalized spacial score (nSPS) is 11.9. The maximum absolute atomic E-state index is 7.00. The molecule has 0 fully saturated rings. The molecule has 0 unspecified atom stereocenters. The number of nitrogens with zero attached hydrogens (tertiary/aromatic N) is 1. The van der Waals surface area contributed by atoms with Gasteiger partial charge in [0.2, 0.25) is 0 Å². The molecule has 0 atom stereocenters. The van der Waals surface area contributed by atoms with Gasteiger partial charge in [-0.2, -0.15) is 0 Å². The molecule has 0 saturated carbocycles. The average Bonchev–Trinajstić information content (AvgIpc) is 3.74. The molecule has 11 aromatic rings. The molecule has 0 radical (unpaired) electrons. The fourth-order valence-corrected chi connectivity index (χ4v) is 7.93. The van der Waals surface area contributed by atoms with Gasteiger partial charge in [-0.15, -0.1) is 0 Å². The highest BCUT2D eigenvalue weighted by atomic mass is 16.3. The number of fused-ring (bicyclic) bond motifs is 10. The molecule has 3 nitrogen and oxygen atoms in total. The first kappa shape index (κ1) is 28.0. The average molecular weight is 652 g/mol. The molecular formula is C48H29NO2. The lowest BCUT2D eigenvalue weighted by atomic mass is 10.0. The highest BCUT2D eigenvalue weighted by Gasteiger charge is 2.26. The largest absolute Gasteiger partial charge is 0.455 e. The van der Waals surface area contributed by atoms with E-state index in [4.69, 9.17) is 8.83 Å². The predicted molar refractivity (Wildman–Crippen MR) is 214 cm³/mol. The van der Waals surface area contributed by atoms with Gasteiger partial charge in [0.15, 0.2) is 5.58 Å². The van der Waals surface area contributed by atoms with Crippen molar-refractivity contribution >= 4 is 93.3 Å². The fourth-order valence-electron chi connectivity index (χ4n) is 7.93. The zero-order valence-electron chi connectivity index (χ0n) is 27.5. The monoisotopic (exact) mass is 651 g/mol. The van der Waals surface area contributed by atoms with E-state index in [0.29, 0.717) is 0 Å². The Morgan fingerprint density at radius 3 is 1.61 bits per heavy atom. The summed E-state index contributed by atoms with van der Waals surface area (Å²) in [7, 11) is 0. The van der Waals surface area contributed by atoms with E-state index in [9.17, 15) is 0 Å². The van der Waals surface area contributed by atoms with Gasteiger partial charge in [-0.1, -0.05) is 127 Å². The Labute approximate surface area is 293 Å². The van der Waals surface area contributed by atoms with Gasteiger partial charge in [0.1, 0.15) is 16.7 Å². The molecule has 0 saturated heterocycles. The van der Waals surface area contributed by atoms with Gasteiger partial charge in [-0.3, -0.25) is 0 Å². The summed E-state index contributed by atoms with van der Waals surface area (Å²) in [5, 5.41) is 11.1. The van der Waals surface area contributed by atoms with Gasteiger partial charge in [-0.05, 0) is 86.6 Å². The van der Waals surface area contributed by atoms with Crippen molar-refractivity contribution in [1.82, 2.24) is 0 Å². The standard InChI is InChI=1S/C48H29NO2/c1-2-11-30(12-3-1)31-21-23-37(24-22-31)49(42-20-10-18-32-13-8-9-19-38(32)42)43-29-40-39-25-33-14-4-6-16-35(33)27-44(39)50-47(40)46-41-26-34-15-5-7-17-36(34)28-45(41)51-48(43)46/h1-29H. The lowest BCUT2D eigenvalue weighted by Gasteiger charge is -2.27. The second-order valence-electron chi connectivity index (χ2n) is 13.3. The lowest BCUT2D eigenvalue weighted by Crippen LogP contribution is -2.11. The van der Waals surface area contributed by atoms with Crippen LogP contribution in [-0.4, -0.2) is 0 Å². The second kappa shape index (κ2) is 10.8. The SMILES string of the molecule is c1ccc(-c2ccc(N(c3cccc4ccccc34)c3cc4c5cc6ccccc6cc5oc4c4c3oc3cc5ccccc5cc34)cc2)cc1. The van der Waals surface area contributed by atoms with Gasteiger partial charge < -0.3 is 13.7 Å². The molecule has 9 aromatic carbocycles. The van der Waals surface area contributed by atoms with Crippen molar-refractivity contribution in [2.75, 3.05) is 4.90 Å². The fraction of sp³-hybridized carbons (Fsp3) is 0. The van der Waals surface area contributed by atoms with Crippen molar-refractivity contribution in [3.63, 3.8) is 0 Å². The number of benzene rings is 9. The van der Waals surface area contributed by atoms with E-state index in [1.165, 1.54) is 21.9 Å². The summed E-state index contributed by atoms with van der Waals surface area (Å²) in [5.41, 5.74) is 8.74. The van der Waals surface area contributed by atoms with E-state index in [1.54, 1.807) is 0 Å². The smallest absolute Gasteiger partial charge is 0.163 e. The van der Waals surface area contributed by atoms with Crippen molar-refractivity contribution in [2.24, 2.45) is 0 Å². The molecule has 0 aliphatic carbocycles. The predicted octanol–water partition coefficient (Wildman–Crippen LogP) is 14.1. The van der Waals surface area contributed by atoms with Crippen LogP contribution in [0.15, 0.2) is 185 Å². The molecule has 0 spiro atoms. The Bertz CT molecular complexity index is 3130. The molecule has 3 heteroatoms. The number of hydrogen-bond donors (Lipinski definition) is 0. The number of hydrogen-bond acceptors (Lipinski definition) is 3. The van der Waals surface area contributed by atoms with Crippen LogP contribution in [0.25, 0.3) is 87.3 Å². The van der Waals surface area contributed by atoms with Gasteiger partial charge in [0.05, 0.1) is 16.8 Å². The van der Waals surface area contributed by atoms with Crippen LogP contribution >= 0.6 is 0 Å². The molecule has 0 aliphatic rings. The van der Waals surface area contributed by atoms with Crippen LogP contribution in [0.3, 0.4) is 0 Å². The molecule has 2 heterocycles.